The highest BCUT2D eigenvalue weighted by atomic mass is 16.5. The van der Waals surface area contributed by atoms with Crippen LogP contribution in [0, 0.1) is 11.3 Å². The van der Waals surface area contributed by atoms with Gasteiger partial charge >= 0.3 is 0 Å². The normalized spacial score (nSPS) is 52.8. The fourth-order valence-electron chi connectivity index (χ4n) is 3.33. The van der Waals surface area contributed by atoms with E-state index in [4.69, 9.17) is 4.74 Å². The molecule has 3 aliphatic carbocycles. The molecule has 0 spiro atoms. The summed E-state index contributed by atoms with van der Waals surface area (Å²) < 4.78 is 5.68. The Balaban J connectivity index is 2.21. The van der Waals surface area contributed by atoms with Crippen LogP contribution < -0.4 is 0 Å². The first-order valence-electron chi connectivity index (χ1n) is 5.13. The SMILES string of the molecule is COC1(C)CC2(C)CCC1CC2. The summed E-state index contributed by atoms with van der Waals surface area (Å²) in [5.74, 6) is 0.837. The molecule has 70 valence electrons. The highest BCUT2D eigenvalue weighted by molar-refractivity contribution is 5.01. The Morgan fingerprint density at radius 3 is 2.08 bits per heavy atom. The molecule has 0 heterocycles. The molecule has 3 aliphatic rings. The van der Waals surface area contributed by atoms with E-state index in [0.717, 1.165) is 5.92 Å². The first-order chi connectivity index (χ1) is 5.58. The Morgan fingerprint density at radius 2 is 1.75 bits per heavy atom. The third-order valence-electron chi connectivity index (χ3n) is 4.30. The summed E-state index contributed by atoms with van der Waals surface area (Å²) in [6.45, 7) is 4.73. The van der Waals surface area contributed by atoms with Crippen LogP contribution in [0.2, 0.25) is 0 Å². The first-order valence-corrected chi connectivity index (χ1v) is 5.13. The number of hydrogen-bond acceptors (Lipinski definition) is 1. The van der Waals surface area contributed by atoms with Crippen LogP contribution in [0.5, 0.6) is 0 Å². The lowest BCUT2D eigenvalue weighted by atomic mass is 9.55. The number of fused-ring (bicyclic) bond motifs is 3. The Labute approximate surface area is 75.5 Å². The molecule has 3 fully saturated rings. The van der Waals surface area contributed by atoms with Crippen molar-refractivity contribution >= 4 is 0 Å². The van der Waals surface area contributed by atoms with Crippen LogP contribution in [-0.4, -0.2) is 12.7 Å². The number of methoxy groups -OCH3 is 1. The van der Waals surface area contributed by atoms with E-state index in [2.05, 4.69) is 13.8 Å². The molecule has 0 aromatic heterocycles. The molecule has 1 heteroatoms. The molecular weight excluding hydrogens is 148 g/mol. The van der Waals surface area contributed by atoms with Crippen LogP contribution in [0.15, 0.2) is 0 Å². The molecular formula is C11H20O. The molecule has 0 aromatic rings. The third-order valence-corrected chi connectivity index (χ3v) is 4.30. The predicted octanol–water partition coefficient (Wildman–Crippen LogP) is 2.99. The van der Waals surface area contributed by atoms with E-state index in [0.29, 0.717) is 5.41 Å². The van der Waals surface area contributed by atoms with Crippen molar-refractivity contribution in [2.45, 2.75) is 51.6 Å². The van der Waals surface area contributed by atoms with Crippen LogP contribution in [0.1, 0.15) is 46.0 Å². The van der Waals surface area contributed by atoms with Crippen LogP contribution in [0.4, 0.5) is 0 Å². The molecule has 2 bridgehead atoms. The van der Waals surface area contributed by atoms with E-state index in [1.165, 1.54) is 32.1 Å². The van der Waals surface area contributed by atoms with Crippen LogP contribution in [0.3, 0.4) is 0 Å². The molecule has 1 unspecified atom stereocenters. The van der Waals surface area contributed by atoms with Gasteiger partial charge in [0.15, 0.2) is 0 Å². The summed E-state index contributed by atoms with van der Waals surface area (Å²) in [7, 11) is 1.88. The smallest absolute Gasteiger partial charge is 0.0684 e. The lowest BCUT2D eigenvalue weighted by molar-refractivity contribution is -0.138. The van der Waals surface area contributed by atoms with Crippen molar-refractivity contribution < 1.29 is 4.74 Å². The van der Waals surface area contributed by atoms with Crippen LogP contribution in [-0.2, 0) is 4.74 Å². The molecule has 1 atom stereocenters. The predicted molar refractivity (Wildman–Crippen MR) is 50.1 cm³/mol. The maximum Gasteiger partial charge on any atom is 0.0684 e. The lowest BCUT2D eigenvalue weighted by Crippen LogP contribution is -2.50. The first kappa shape index (κ1) is 8.55. The second kappa shape index (κ2) is 2.47. The minimum Gasteiger partial charge on any atom is -0.378 e. The minimum absolute atomic E-state index is 0.200. The Kier molecular flexibility index (Phi) is 1.76. The van der Waals surface area contributed by atoms with Crippen molar-refractivity contribution in [1.82, 2.24) is 0 Å². The zero-order valence-corrected chi connectivity index (χ0v) is 8.52. The van der Waals surface area contributed by atoms with E-state index >= 15 is 0 Å². The Bertz CT molecular complexity index is 179. The van der Waals surface area contributed by atoms with Gasteiger partial charge in [0.25, 0.3) is 0 Å². The monoisotopic (exact) mass is 168 g/mol. The maximum atomic E-state index is 5.68. The minimum atomic E-state index is 0.200. The van der Waals surface area contributed by atoms with Gasteiger partial charge in [-0.3, -0.25) is 0 Å². The van der Waals surface area contributed by atoms with E-state index < -0.39 is 0 Å². The molecule has 0 amide bonds. The van der Waals surface area contributed by atoms with Crippen molar-refractivity contribution in [2.75, 3.05) is 7.11 Å². The fourth-order valence-corrected chi connectivity index (χ4v) is 3.33. The summed E-state index contributed by atoms with van der Waals surface area (Å²) in [6, 6.07) is 0. The van der Waals surface area contributed by atoms with Gasteiger partial charge in [-0.2, -0.15) is 0 Å². The third kappa shape index (κ3) is 1.10. The summed E-state index contributed by atoms with van der Waals surface area (Å²) in [5, 5.41) is 0. The molecule has 0 aliphatic heterocycles. The number of ether oxygens (including phenoxy) is 1. The van der Waals surface area contributed by atoms with E-state index in [9.17, 15) is 0 Å². The van der Waals surface area contributed by atoms with Crippen molar-refractivity contribution in [3.8, 4) is 0 Å². The standard InChI is InChI=1S/C11H20O/c1-10-6-4-9(5-7-10)11(2,8-10)12-3/h9H,4-8H2,1-3H3. The number of hydrogen-bond donors (Lipinski definition) is 0. The van der Waals surface area contributed by atoms with Gasteiger partial charge < -0.3 is 4.74 Å². The van der Waals surface area contributed by atoms with Gasteiger partial charge in [-0.15, -0.1) is 0 Å². The highest BCUT2D eigenvalue weighted by Crippen LogP contribution is 2.55. The average Bonchev–Trinajstić information content (AvgIpc) is 2.04. The summed E-state index contributed by atoms with van der Waals surface area (Å²) in [5.41, 5.74) is 0.796. The van der Waals surface area contributed by atoms with Crippen molar-refractivity contribution in [1.29, 1.82) is 0 Å². The summed E-state index contributed by atoms with van der Waals surface area (Å²) >= 11 is 0. The molecule has 3 saturated carbocycles. The van der Waals surface area contributed by atoms with Gasteiger partial charge in [-0.05, 0) is 50.4 Å². The van der Waals surface area contributed by atoms with Gasteiger partial charge in [0.05, 0.1) is 5.60 Å². The number of rotatable bonds is 1. The fraction of sp³-hybridized carbons (Fsp3) is 1.00. The average molecular weight is 168 g/mol. The lowest BCUT2D eigenvalue weighted by Gasteiger charge is -2.54. The van der Waals surface area contributed by atoms with Crippen LogP contribution >= 0.6 is 0 Å². The van der Waals surface area contributed by atoms with Gasteiger partial charge in [0, 0.05) is 7.11 Å². The van der Waals surface area contributed by atoms with Gasteiger partial charge in [-0.25, -0.2) is 0 Å². The van der Waals surface area contributed by atoms with Gasteiger partial charge in [0.1, 0.15) is 0 Å². The molecule has 0 radical (unpaired) electrons. The second-order valence-corrected chi connectivity index (χ2v) is 5.28. The molecule has 0 saturated heterocycles. The topological polar surface area (TPSA) is 9.23 Å². The van der Waals surface area contributed by atoms with Crippen molar-refractivity contribution in [3.63, 3.8) is 0 Å². The highest BCUT2D eigenvalue weighted by Gasteiger charge is 2.49. The van der Waals surface area contributed by atoms with Crippen LogP contribution in [0.25, 0.3) is 0 Å². The zero-order chi connectivity index (χ0) is 8.82. The van der Waals surface area contributed by atoms with E-state index in [-0.39, 0.29) is 5.60 Å². The zero-order valence-electron chi connectivity index (χ0n) is 8.52. The van der Waals surface area contributed by atoms with E-state index in [1.807, 2.05) is 7.11 Å². The maximum absolute atomic E-state index is 5.68. The Morgan fingerprint density at radius 1 is 1.17 bits per heavy atom. The quantitative estimate of drug-likeness (QED) is 0.585. The van der Waals surface area contributed by atoms with E-state index in [1.54, 1.807) is 0 Å². The largest absolute Gasteiger partial charge is 0.378 e. The van der Waals surface area contributed by atoms with Crippen molar-refractivity contribution in [2.24, 2.45) is 11.3 Å². The van der Waals surface area contributed by atoms with Gasteiger partial charge in [-0.1, -0.05) is 6.92 Å². The van der Waals surface area contributed by atoms with Crippen molar-refractivity contribution in [3.05, 3.63) is 0 Å². The second-order valence-electron chi connectivity index (χ2n) is 5.28. The molecule has 0 N–H and O–H groups in total. The molecule has 12 heavy (non-hydrogen) atoms. The molecule has 0 aromatic carbocycles. The summed E-state index contributed by atoms with van der Waals surface area (Å²) in [6.07, 6.45) is 6.91. The van der Waals surface area contributed by atoms with Gasteiger partial charge in [0.2, 0.25) is 0 Å². The molecule has 3 rings (SSSR count). The summed E-state index contributed by atoms with van der Waals surface area (Å²) in [4.78, 5) is 0. The molecule has 1 nitrogen and oxygen atoms in total. The Hall–Kier alpha value is -0.0400.